The molecule has 3 aromatic rings. The van der Waals surface area contributed by atoms with Crippen molar-refractivity contribution in [3.8, 4) is 0 Å². The third-order valence-corrected chi connectivity index (χ3v) is 5.16. The van der Waals surface area contributed by atoms with Gasteiger partial charge in [-0.15, -0.1) is 0 Å². The van der Waals surface area contributed by atoms with Gasteiger partial charge in [-0.1, -0.05) is 49.9 Å². The molecule has 0 unspecified atom stereocenters. The monoisotopic (exact) mass is 366 g/mol. The van der Waals surface area contributed by atoms with Gasteiger partial charge in [-0.25, -0.2) is 4.98 Å². The molecule has 0 radical (unpaired) electrons. The maximum absolute atomic E-state index is 5.01. The van der Waals surface area contributed by atoms with Crippen molar-refractivity contribution in [2.24, 2.45) is 0 Å². The first-order valence-electron chi connectivity index (χ1n) is 8.91. The Kier molecular flexibility index (Phi) is 6.12. The van der Waals surface area contributed by atoms with Gasteiger partial charge in [0.15, 0.2) is 0 Å². The van der Waals surface area contributed by atoms with Crippen LogP contribution in [0.5, 0.6) is 0 Å². The molecule has 26 heavy (non-hydrogen) atoms. The Morgan fingerprint density at radius 3 is 2.38 bits per heavy atom. The van der Waals surface area contributed by atoms with E-state index in [1.165, 1.54) is 9.92 Å². The number of aromatic nitrogens is 3. The summed E-state index contributed by atoms with van der Waals surface area (Å²) in [5.41, 5.74) is 2.21. The summed E-state index contributed by atoms with van der Waals surface area (Å²) in [5, 5.41) is 1.22. The summed E-state index contributed by atoms with van der Waals surface area (Å²) in [5.74, 6) is 1.45. The van der Waals surface area contributed by atoms with Crippen molar-refractivity contribution < 1.29 is 0 Å². The fourth-order valence-corrected chi connectivity index (χ4v) is 3.99. The van der Waals surface area contributed by atoms with Gasteiger partial charge in [-0.3, -0.25) is 4.98 Å². The summed E-state index contributed by atoms with van der Waals surface area (Å²) in [4.78, 5) is 12.9. The number of imidazole rings is 1. The van der Waals surface area contributed by atoms with E-state index in [2.05, 4.69) is 78.8 Å². The predicted octanol–water partition coefficient (Wildman–Crippen LogP) is 4.66. The van der Waals surface area contributed by atoms with E-state index < -0.39 is 0 Å². The van der Waals surface area contributed by atoms with Crippen LogP contribution >= 0.6 is 11.8 Å². The number of rotatable bonds is 7. The minimum Gasteiger partial charge on any atom is -0.316 e. The molecule has 0 amide bonds. The number of hydrogen-bond acceptors (Lipinski definition) is 4. The SMILES string of the molecule is CC(C)c1nc(CN(C)C)n(Cc2ccccn2)c1Sc1ccccc1. The Bertz CT molecular complexity index is 826. The van der Waals surface area contributed by atoms with Crippen LogP contribution in [0.1, 0.15) is 37.0 Å². The van der Waals surface area contributed by atoms with Crippen molar-refractivity contribution in [3.05, 3.63) is 71.9 Å². The van der Waals surface area contributed by atoms with E-state index in [4.69, 9.17) is 4.98 Å². The van der Waals surface area contributed by atoms with E-state index >= 15 is 0 Å². The van der Waals surface area contributed by atoms with Gasteiger partial charge in [0.25, 0.3) is 0 Å². The van der Waals surface area contributed by atoms with Crippen LogP contribution in [0.2, 0.25) is 0 Å². The molecule has 136 valence electrons. The molecule has 0 aliphatic heterocycles. The molecule has 5 heteroatoms. The van der Waals surface area contributed by atoms with Gasteiger partial charge in [0, 0.05) is 11.1 Å². The second-order valence-corrected chi connectivity index (χ2v) is 8.00. The smallest absolute Gasteiger partial charge is 0.124 e. The highest BCUT2D eigenvalue weighted by Gasteiger charge is 2.21. The fraction of sp³-hybridized carbons (Fsp3) is 0.333. The van der Waals surface area contributed by atoms with Crippen LogP contribution in [-0.4, -0.2) is 33.5 Å². The van der Waals surface area contributed by atoms with Gasteiger partial charge < -0.3 is 9.47 Å². The van der Waals surface area contributed by atoms with Crippen molar-refractivity contribution in [3.63, 3.8) is 0 Å². The average molecular weight is 367 g/mol. The Hall–Kier alpha value is -2.11. The highest BCUT2D eigenvalue weighted by atomic mass is 32.2. The largest absolute Gasteiger partial charge is 0.316 e. The number of nitrogens with zero attached hydrogens (tertiary/aromatic N) is 4. The minimum absolute atomic E-state index is 0.368. The first-order chi connectivity index (χ1) is 12.5. The van der Waals surface area contributed by atoms with E-state index in [9.17, 15) is 0 Å². The van der Waals surface area contributed by atoms with Crippen molar-refractivity contribution >= 4 is 11.8 Å². The third-order valence-electron chi connectivity index (χ3n) is 4.03. The normalized spacial score (nSPS) is 11.5. The lowest BCUT2D eigenvalue weighted by Gasteiger charge is -2.15. The van der Waals surface area contributed by atoms with Gasteiger partial charge in [0.2, 0.25) is 0 Å². The second-order valence-electron chi connectivity index (χ2n) is 6.93. The summed E-state index contributed by atoms with van der Waals surface area (Å²) in [6.45, 7) is 5.96. The molecule has 0 spiro atoms. The van der Waals surface area contributed by atoms with Gasteiger partial charge in [0.05, 0.1) is 24.5 Å². The topological polar surface area (TPSA) is 34.0 Å². The Labute approximate surface area is 160 Å². The number of hydrogen-bond donors (Lipinski definition) is 0. The maximum atomic E-state index is 5.01. The van der Waals surface area contributed by atoms with Gasteiger partial charge in [-0.05, 0) is 44.3 Å². The average Bonchev–Trinajstić information content (AvgIpc) is 2.94. The molecule has 0 fully saturated rings. The Morgan fingerprint density at radius 2 is 1.77 bits per heavy atom. The zero-order valence-corrected chi connectivity index (χ0v) is 16.7. The molecule has 4 nitrogen and oxygen atoms in total. The molecule has 2 aromatic heterocycles. The molecule has 0 aliphatic carbocycles. The van der Waals surface area contributed by atoms with Crippen molar-refractivity contribution in [2.75, 3.05) is 14.1 Å². The summed E-state index contributed by atoms with van der Waals surface area (Å²) < 4.78 is 2.33. The Morgan fingerprint density at radius 1 is 1.04 bits per heavy atom. The van der Waals surface area contributed by atoms with E-state index in [0.29, 0.717) is 5.92 Å². The summed E-state index contributed by atoms with van der Waals surface area (Å²) in [6, 6.07) is 16.6. The Balaban J connectivity index is 2.06. The van der Waals surface area contributed by atoms with Crippen LogP contribution in [0, 0.1) is 0 Å². The summed E-state index contributed by atoms with van der Waals surface area (Å²) >= 11 is 1.79. The van der Waals surface area contributed by atoms with E-state index in [0.717, 1.165) is 30.3 Å². The molecular weight excluding hydrogens is 340 g/mol. The zero-order chi connectivity index (χ0) is 18.5. The lowest BCUT2D eigenvalue weighted by atomic mass is 10.1. The highest BCUT2D eigenvalue weighted by molar-refractivity contribution is 7.99. The second kappa shape index (κ2) is 8.52. The minimum atomic E-state index is 0.368. The lowest BCUT2D eigenvalue weighted by molar-refractivity contribution is 0.380. The molecule has 2 heterocycles. The van der Waals surface area contributed by atoms with Gasteiger partial charge >= 0.3 is 0 Å². The standard InChI is InChI=1S/C21H26N4S/c1-16(2)20-21(26-18-11-6-5-7-12-18)25(19(23-20)15-24(3)4)14-17-10-8-9-13-22-17/h5-13,16H,14-15H2,1-4H3. The molecule has 0 atom stereocenters. The zero-order valence-electron chi connectivity index (χ0n) is 15.9. The first-order valence-corrected chi connectivity index (χ1v) is 9.73. The molecule has 0 aliphatic rings. The molecule has 0 saturated heterocycles. The molecule has 0 N–H and O–H groups in total. The van der Waals surface area contributed by atoms with Crippen LogP contribution in [0.3, 0.4) is 0 Å². The lowest BCUT2D eigenvalue weighted by Crippen LogP contribution is -2.16. The van der Waals surface area contributed by atoms with Crippen LogP contribution < -0.4 is 0 Å². The maximum Gasteiger partial charge on any atom is 0.124 e. The van der Waals surface area contributed by atoms with Crippen LogP contribution in [-0.2, 0) is 13.1 Å². The van der Waals surface area contributed by atoms with Crippen molar-refractivity contribution in [1.82, 2.24) is 19.4 Å². The number of pyridine rings is 1. The highest BCUT2D eigenvalue weighted by Crippen LogP contribution is 2.35. The van der Waals surface area contributed by atoms with E-state index in [1.807, 2.05) is 18.3 Å². The third kappa shape index (κ3) is 4.54. The molecule has 0 bridgehead atoms. The molecular formula is C21H26N4S. The van der Waals surface area contributed by atoms with Crippen molar-refractivity contribution in [2.45, 2.75) is 42.8 Å². The molecule has 3 rings (SSSR count). The van der Waals surface area contributed by atoms with Gasteiger partial charge in [-0.2, -0.15) is 0 Å². The van der Waals surface area contributed by atoms with Crippen LogP contribution in [0.25, 0.3) is 0 Å². The van der Waals surface area contributed by atoms with Gasteiger partial charge in [0.1, 0.15) is 10.9 Å². The van der Waals surface area contributed by atoms with Crippen LogP contribution in [0.15, 0.2) is 64.6 Å². The van der Waals surface area contributed by atoms with E-state index in [1.54, 1.807) is 11.8 Å². The quantitative estimate of drug-likeness (QED) is 0.609. The summed E-state index contributed by atoms with van der Waals surface area (Å²) in [6.07, 6.45) is 1.85. The van der Waals surface area contributed by atoms with Crippen LogP contribution in [0.4, 0.5) is 0 Å². The van der Waals surface area contributed by atoms with E-state index in [-0.39, 0.29) is 0 Å². The fourth-order valence-electron chi connectivity index (χ4n) is 2.81. The summed E-state index contributed by atoms with van der Waals surface area (Å²) in [7, 11) is 4.16. The number of benzene rings is 1. The molecule has 0 saturated carbocycles. The first kappa shape index (κ1) is 18.7. The van der Waals surface area contributed by atoms with Crippen molar-refractivity contribution in [1.29, 1.82) is 0 Å². The predicted molar refractivity (Wildman–Crippen MR) is 108 cm³/mol. The molecule has 1 aromatic carbocycles.